The van der Waals surface area contributed by atoms with Crippen molar-refractivity contribution < 1.29 is 0 Å². The van der Waals surface area contributed by atoms with Crippen molar-refractivity contribution in [3.63, 3.8) is 0 Å². The van der Waals surface area contributed by atoms with Crippen molar-refractivity contribution in [2.45, 2.75) is 26.7 Å². The summed E-state index contributed by atoms with van der Waals surface area (Å²) >= 11 is 0. The van der Waals surface area contributed by atoms with Gasteiger partial charge < -0.3 is 5.73 Å². The third kappa shape index (κ3) is 2.73. The summed E-state index contributed by atoms with van der Waals surface area (Å²) in [6.45, 7) is 5.33. The van der Waals surface area contributed by atoms with E-state index in [0.29, 0.717) is 11.8 Å². The summed E-state index contributed by atoms with van der Waals surface area (Å²) in [5, 5.41) is 2.71. The van der Waals surface area contributed by atoms with Gasteiger partial charge >= 0.3 is 0 Å². The number of rotatable bonds is 5. The average Bonchev–Trinajstić information content (AvgIpc) is 2.44. The van der Waals surface area contributed by atoms with Crippen molar-refractivity contribution in [3.8, 4) is 0 Å². The smallest absolute Gasteiger partial charge is 0.00431 e. The Morgan fingerprint density at radius 2 is 1.78 bits per heavy atom. The molecule has 0 radical (unpaired) electrons. The Balaban J connectivity index is 2.30. The molecule has 0 aliphatic heterocycles. The van der Waals surface area contributed by atoms with Gasteiger partial charge in [0, 0.05) is 0 Å². The van der Waals surface area contributed by atoms with Crippen molar-refractivity contribution >= 4 is 10.8 Å². The Bertz CT molecular complexity index is 498. The van der Waals surface area contributed by atoms with E-state index < -0.39 is 0 Å². The fourth-order valence-corrected chi connectivity index (χ4v) is 2.60. The molecule has 0 aliphatic rings. The van der Waals surface area contributed by atoms with Crippen LogP contribution in [0.25, 0.3) is 10.8 Å². The molecular weight excluding hydrogens is 218 g/mol. The van der Waals surface area contributed by atoms with Crippen LogP contribution in [-0.2, 0) is 6.42 Å². The van der Waals surface area contributed by atoms with Crippen LogP contribution in [0.1, 0.15) is 25.8 Å². The minimum atomic E-state index is 0.584. The van der Waals surface area contributed by atoms with E-state index in [4.69, 9.17) is 5.73 Å². The molecule has 2 rings (SSSR count). The van der Waals surface area contributed by atoms with Gasteiger partial charge in [-0.15, -0.1) is 0 Å². The third-order valence-electron chi connectivity index (χ3n) is 4.11. The molecule has 18 heavy (non-hydrogen) atoms. The van der Waals surface area contributed by atoms with Crippen molar-refractivity contribution in [1.82, 2.24) is 0 Å². The normalized spacial score (nSPS) is 14.6. The first kappa shape index (κ1) is 13.1. The quantitative estimate of drug-likeness (QED) is 0.841. The molecule has 0 fully saturated rings. The molecular formula is C17H23N. The van der Waals surface area contributed by atoms with Crippen LogP contribution in [-0.4, -0.2) is 6.54 Å². The zero-order valence-corrected chi connectivity index (χ0v) is 11.4. The summed E-state index contributed by atoms with van der Waals surface area (Å²) in [7, 11) is 0. The molecule has 2 aromatic rings. The number of benzene rings is 2. The van der Waals surface area contributed by atoms with Crippen molar-refractivity contribution in [2.24, 2.45) is 17.6 Å². The second kappa shape index (κ2) is 6.01. The van der Waals surface area contributed by atoms with Crippen LogP contribution < -0.4 is 5.73 Å². The van der Waals surface area contributed by atoms with Crippen molar-refractivity contribution in [3.05, 3.63) is 48.0 Å². The third-order valence-corrected chi connectivity index (χ3v) is 4.11. The molecule has 0 spiro atoms. The van der Waals surface area contributed by atoms with Gasteiger partial charge in [-0.1, -0.05) is 62.7 Å². The molecule has 1 heteroatoms. The van der Waals surface area contributed by atoms with Crippen LogP contribution in [0.15, 0.2) is 42.5 Å². The summed E-state index contributed by atoms with van der Waals surface area (Å²) in [4.78, 5) is 0. The van der Waals surface area contributed by atoms with Gasteiger partial charge in [-0.25, -0.2) is 0 Å². The predicted molar refractivity (Wildman–Crippen MR) is 79.7 cm³/mol. The van der Waals surface area contributed by atoms with E-state index in [1.807, 2.05) is 0 Å². The first-order chi connectivity index (χ1) is 8.76. The van der Waals surface area contributed by atoms with Gasteiger partial charge in [0.15, 0.2) is 0 Å². The van der Waals surface area contributed by atoms with E-state index in [0.717, 1.165) is 13.0 Å². The van der Waals surface area contributed by atoms with E-state index >= 15 is 0 Å². The van der Waals surface area contributed by atoms with Crippen molar-refractivity contribution in [2.75, 3.05) is 6.54 Å². The van der Waals surface area contributed by atoms with E-state index in [-0.39, 0.29) is 0 Å². The zero-order chi connectivity index (χ0) is 13.0. The first-order valence-electron chi connectivity index (χ1n) is 6.93. The van der Waals surface area contributed by atoms with Gasteiger partial charge in [-0.05, 0) is 41.1 Å². The van der Waals surface area contributed by atoms with Gasteiger partial charge in [0.1, 0.15) is 0 Å². The minimum Gasteiger partial charge on any atom is -0.330 e. The topological polar surface area (TPSA) is 26.0 Å². The maximum atomic E-state index is 5.94. The molecule has 0 aliphatic carbocycles. The molecule has 96 valence electrons. The fourth-order valence-electron chi connectivity index (χ4n) is 2.60. The van der Waals surface area contributed by atoms with E-state index in [1.54, 1.807) is 0 Å². The summed E-state index contributed by atoms with van der Waals surface area (Å²) in [6, 6.07) is 15.2. The highest BCUT2D eigenvalue weighted by Crippen LogP contribution is 2.24. The second-order valence-corrected chi connectivity index (χ2v) is 5.22. The highest BCUT2D eigenvalue weighted by atomic mass is 14.6. The van der Waals surface area contributed by atoms with Crippen LogP contribution in [0.3, 0.4) is 0 Å². The molecule has 0 amide bonds. The molecule has 0 heterocycles. The molecule has 0 saturated heterocycles. The SMILES string of the molecule is CCC(C)[C@H](CN)Cc1cccc2ccccc12. The van der Waals surface area contributed by atoms with E-state index in [9.17, 15) is 0 Å². The monoisotopic (exact) mass is 241 g/mol. The Morgan fingerprint density at radius 1 is 1.06 bits per heavy atom. The number of hydrogen-bond acceptors (Lipinski definition) is 1. The predicted octanol–water partition coefficient (Wildman–Crippen LogP) is 4.00. The Labute approximate surface area is 110 Å². The van der Waals surface area contributed by atoms with Crippen LogP contribution in [0.4, 0.5) is 0 Å². The summed E-state index contributed by atoms with van der Waals surface area (Å²) < 4.78 is 0. The van der Waals surface area contributed by atoms with E-state index in [2.05, 4.69) is 56.3 Å². The lowest BCUT2D eigenvalue weighted by Crippen LogP contribution is -2.23. The molecule has 0 aromatic heterocycles. The second-order valence-electron chi connectivity index (χ2n) is 5.22. The van der Waals surface area contributed by atoms with Gasteiger partial charge in [0.05, 0.1) is 0 Å². The van der Waals surface area contributed by atoms with Crippen LogP contribution >= 0.6 is 0 Å². The molecule has 0 saturated carbocycles. The van der Waals surface area contributed by atoms with Crippen LogP contribution in [0.2, 0.25) is 0 Å². The highest BCUT2D eigenvalue weighted by molar-refractivity contribution is 5.85. The molecule has 1 nitrogen and oxygen atoms in total. The van der Waals surface area contributed by atoms with Crippen LogP contribution in [0, 0.1) is 11.8 Å². The summed E-state index contributed by atoms with van der Waals surface area (Å²) in [5.41, 5.74) is 7.38. The number of fused-ring (bicyclic) bond motifs is 1. The Kier molecular flexibility index (Phi) is 4.38. The lowest BCUT2D eigenvalue weighted by Gasteiger charge is -2.22. The molecule has 2 aromatic carbocycles. The Morgan fingerprint density at radius 3 is 2.50 bits per heavy atom. The maximum Gasteiger partial charge on any atom is -0.00431 e. The largest absolute Gasteiger partial charge is 0.330 e. The zero-order valence-electron chi connectivity index (χ0n) is 11.4. The lowest BCUT2D eigenvalue weighted by atomic mass is 9.85. The highest BCUT2D eigenvalue weighted by Gasteiger charge is 2.15. The first-order valence-corrected chi connectivity index (χ1v) is 6.93. The minimum absolute atomic E-state index is 0.584. The van der Waals surface area contributed by atoms with Gasteiger partial charge in [0.25, 0.3) is 0 Å². The van der Waals surface area contributed by atoms with Gasteiger partial charge in [0.2, 0.25) is 0 Å². The average molecular weight is 241 g/mol. The van der Waals surface area contributed by atoms with Crippen molar-refractivity contribution in [1.29, 1.82) is 0 Å². The summed E-state index contributed by atoms with van der Waals surface area (Å²) in [6.07, 6.45) is 2.29. The standard InChI is InChI=1S/C17H23N/c1-3-13(2)16(12-18)11-15-9-6-8-14-7-4-5-10-17(14)15/h4-10,13,16H,3,11-12,18H2,1-2H3/t13?,16-/m0/s1. The lowest BCUT2D eigenvalue weighted by molar-refractivity contribution is 0.355. The Hall–Kier alpha value is -1.34. The fraction of sp³-hybridized carbons (Fsp3) is 0.412. The van der Waals surface area contributed by atoms with Gasteiger partial charge in [-0.3, -0.25) is 0 Å². The maximum absolute atomic E-state index is 5.94. The van der Waals surface area contributed by atoms with E-state index in [1.165, 1.54) is 22.8 Å². The molecule has 2 atom stereocenters. The molecule has 0 bridgehead atoms. The molecule has 2 N–H and O–H groups in total. The van der Waals surface area contributed by atoms with Gasteiger partial charge in [-0.2, -0.15) is 0 Å². The number of nitrogens with two attached hydrogens (primary N) is 1. The summed E-state index contributed by atoms with van der Waals surface area (Å²) in [5.74, 6) is 1.27. The van der Waals surface area contributed by atoms with Crippen LogP contribution in [0.5, 0.6) is 0 Å². The number of hydrogen-bond donors (Lipinski definition) is 1. The molecule has 1 unspecified atom stereocenters.